The predicted octanol–water partition coefficient (Wildman–Crippen LogP) is 4.23. The fourth-order valence-corrected chi connectivity index (χ4v) is 3.21. The Hall–Kier alpha value is -0.380. The Morgan fingerprint density at radius 2 is 2.00 bits per heavy atom. The molecule has 1 saturated carbocycles. The first kappa shape index (κ1) is 13.1. The van der Waals surface area contributed by atoms with Gasteiger partial charge in [0.1, 0.15) is 5.78 Å². The van der Waals surface area contributed by atoms with Crippen LogP contribution < -0.4 is 0 Å². The first-order chi connectivity index (χ1) is 7.99. The topological polar surface area (TPSA) is 17.1 Å². The molecule has 1 aromatic carbocycles. The molecule has 0 aromatic heterocycles. The number of hydrogen-bond donors (Lipinski definition) is 0. The Kier molecular flexibility index (Phi) is 3.91. The van der Waals surface area contributed by atoms with Gasteiger partial charge in [0.2, 0.25) is 0 Å². The van der Waals surface area contributed by atoms with E-state index in [0.717, 1.165) is 12.0 Å². The molecule has 0 bridgehead atoms. The van der Waals surface area contributed by atoms with Gasteiger partial charge in [-0.2, -0.15) is 0 Å². The minimum Gasteiger partial charge on any atom is -0.299 e. The lowest BCUT2D eigenvalue weighted by Crippen LogP contribution is -2.27. The molecule has 0 N–H and O–H groups in total. The highest BCUT2D eigenvalue weighted by molar-refractivity contribution is 14.1. The second-order valence-electron chi connectivity index (χ2n) is 5.70. The molecular weight excluding hydrogens is 323 g/mol. The number of rotatable bonds is 3. The number of ketones is 1. The maximum atomic E-state index is 12.3. The van der Waals surface area contributed by atoms with Crippen LogP contribution in [0.3, 0.4) is 0 Å². The van der Waals surface area contributed by atoms with Crippen LogP contribution in [0, 0.1) is 14.9 Å². The average molecular weight is 342 g/mol. The van der Waals surface area contributed by atoms with E-state index in [0.29, 0.717) is 12.2 Å². The summed E-state index contributed by atoms with van der Waals surface area (Å²) in [6.45, 7) is 4.47. The zero-order chi connectivity index (χ0) is 12.5. The van der Waals surface area contributed by atoms with Gasteiger partial charge in [-0.15, -0.1) is 0 Å². The highest BCUT2D eigenvalue weighted by Crippen LogP contribution is 2.43. The second kappa shape index (κ2) is 5.09. The van der Waals surface area contributed by atoms with E-state index < -0.39 is 0 Å². The van der Waals surface area contributed by atoms with Gasteiger partial charge in [0, 0.05) is 15.9 Å². The van der Waals surface area contributed by atoms with Crippen LogP contribution in [0.5, 0.6) is 0 Å². The molecule has 0 radical (unpaired) electrons. The molecule has 1 fully saturated rings. The smallest absolute Gasteiger partial charge is 0.140 e. The van der Waals surface area contributed by atoms with E-state index in [1.807, 2.05) is 0 Å². The number of carbonyl (C=O) groups excluding carboxylic acids is 1. The van der Waals surface area contributed by atoms with Crippen LogP contribution in [0.4, 0.5) is 0 Å². The summed E-state index contributed by atoms with van der Waals surface area (Å²) >= 11 is 2.29. The summed E-state index contributed by atoms with van der Waals surface area (Å²) < 4.78 is 1.22. The van der Waals surface area contributed by atoms with Crippen LogP contribution in [0.1, 0.15) is 38.7 Å². The monoisotopic (exact) mass is 342 g/mol. The van der Waals surface area contributed by atoms with Gasteiger partial charge in [-0.25, -0.2) is 0 Å². The van der Waals surface area contributed by atoms with Gasteiger partial charge < -0.3 is 0 Å². The van der Waals surface area contributed by atoms with Crippen molar-refractivity contribution in [3.8, 4) is 0 Å². The third kappa shape index (κ3) is 3.09. The summed E-state index contributed by atoms with van der Waals surface area (Å²) in [5.41, 5.74) is 1.36. The molecular formula is C15H19IO. The molecule has 92 valence electrons. The van der Waals surface area contributed by atoms with Crippen molar-refractivity contribution >= 4 is 28.4 Å². The quantitative estimate of drug-likeness (QED) is 0.752. The molecule has 2 heteroatoms. The maximum absolute atomic E-state index is 12.3. The van der Waals surface area contributed by atoms with Gasteiger partial charge in [0.25, 0.3) is 0 Å². The van der Waals surface area contributed by atoms with Gasteiger partial charge in [-0.1, -0.05) is 32.4 Å². The van der Waals surface area contributed by atoms with Crippen LogP contribution in [0.15, 0.2) is 24.3 Å². The van der Waals surface area contributed by atoms with Gasteiger partial charge in [0.15, 0.2) is 0 Å². The Morgan fingerprint density at radius 1 is 1.35 bits per heavy atom. The number of carbonyl (C=O) groups is 1. The minimum atomic E-state index is 0.209. The lowest BCUT2D eigenvalue weighted by molar-refractivity contribution is -0.124. The molecule has 0 aliphatic heterocycles. The van der Waals surface area contributed by atoms with Gasteiger partial charge in [0.05, 0.1) is 0 Å². The number of halogens is 1. The van der Waals surface area contributed by atoms with E-state index in [1.165, 1.54) is 16.4 Å². The second-order valence-corrected chi connectivity index (χ2v) is 6.95. The Bertz CT molecular complexity index is 405. The minimum absolute atomic E-state index is 0.209. The van der Waals surface area contributed by atoms with Crippen molar-refractivity contribution in [2.75, 3.05) is 0 Å². The van der Waals surface area contributed by atoms with Crippen molar-refractivity contribution in [1.29, 1.82) is 0 Å². The zero-order valence-electron chi connectivity index (χ0n) is 10.5. The van der Waals surface area contributed by atoms with E-state index in [9.17, 15) is 4.79 Å². The largest absolute Gasteiger partial charge is 0.299 e. The molecule has 1 aliphatic rings. The summed E-state index contributed by atoms with van der Waals surface area (Å²) in [4.78, 5) is 12.3. The Balaban J connectivity index is 2.04. The average Bonchev–Trinajstić information content (AvgIpc) is 2.61. The molecule has 0 heterocycles. The Morgan fingerprint density at radius 3 is 2.53 bits per heavy atom. The van der Waals surface area contributed by atoms with Gasteiger partial charge in [-0.05, 0) is 58.5 Å². The molecule has 17 heavy (non-hydrogen) atoms. The highest BCUT2D eigenvalue weighted by atomic mass is 127. The van der Waals surface area contributed by atoms with Crippen LogP contribution >= 0.6 is 22.6 Å². The summed E-state index contributed by atoms with van der Waals surface area (Å²) in [6, 6.07) is 8.29. The number of benzene rings is 1. The van der Waals surface area contributed by atoms with Crippen molar-refractivity contribution in [3.05, 3.63) is 33.4 Å². The molecule has 1 atom stereocenters. The molecule has 2 rings (SSSR count). The molecule has 1 nitrogen and oxygen atoms in total. The van der Waals surface area contributed by atoms with E-state index in [4.69, 9.17) is 0 Å². The standard InChI is InChI=1S/C15H19IO/c1-15(2)9-3-4-13(15)14(17)10-11-5-7-12(16)8-6-11/h5-8,13H,3-4,9-10H2,1-2H3. The summed E-state index contributed by atoms with van der Waals surface area (Å²) in [5.74, 6) is 0.690. The van der Waals surface area contributed by atoms with Gasteiger partial charge in [-0.3, -0.25) is 4.79 Å². The van der Waals surface area contributed by atoms with Crippen LogP contribution in [-0.2, 0) is 11.2 Å². The van der Waals surface area contributed by atoms with Crippen molar-refractivity contribution in [3.63, 3.8) is 0 Å². The van der Waals surface area contributed by atoms with E-state index >= 15 is 0 Å². The maximum Gasteiger partial charge on any atom is 0.140 e. The zero-order valence-corrected chi connectivity index (χ0v) is 12.7. The van der Waals surface area contributed by atoms with E-state index in [-0.39, 0.29) is 11.3 Å². The summed E-state index contributed by atoms with van der Waals surface area (Å²) in [7, 11) is 0. The van der Waals surface area contributed by atoms with Crippen molar-refractivity contribution < 1.29 is 4.79 Å². The van der Waals surface area contributed by atoms with E-state index in [1.54, 1.807) is 0 Å². The molecule has 0 amide bonds. The van der Waals surface area contributed by atoms with Crippen molar-refractivity contribution in [1.82, 2.24) is 0 Å². The number of hydrogen-bond acceptors (Lipinski definition) is 1. The molecule has 1 aliphatic carbocycles. The normalized spacial score (nSPS) is 22.6. The van der Waals surface area contributed by atoms with Gasteiger partial charge >= 0.3 is 0 Å². The first-order valence-corrected chi connectivity index (χ1v) is 7.34. The van der Waals surface area contributed by atoms with Crippen LogP contribution in [0.2, 0.25) is 0 Å². The Labute approximate surface area is 117 Å². The first-order valence-electron chi connectivity index (χ1n) is 6.26. The van der Waals surface area contributed by atoms with Crippen LogP contribution in [0.25, 0.3) is 0 Å². The van der Waals surface area contributed by atoms with Crippen molar-refractivity contribution in [2.24, 2.45) is 11.3 Å². The lowest BCUT2D eigenvalue weighted by atomic mass is 9.78. The molecule has 0 saturated heterocycles. The summed E-state index contributed by atoms with van der Waals surface area (Å²) in [5, 5.41) is 0. The lowest BCUT2D eigenvalue weighted by Gasteiger charge is -2.25. The SMILES string of the molecule is CC1(C)CCCC1C(=O)Cc1ccc(I)cc1. The third-order valence-electron chi connectivity index (χ3n) is 3.94. The van der Waals surface area contributed by atoms with Crippen LogP contribution in [-0.4, -0.2) is 5.78 Å². The number of Topliss-reactive ketones (excluding diaryl/α,β-unsaturated/α-hetero) is 1. The molecule has 0 spiro atoms. The van der Waals surface area contributed by atoms with Crippen molar-refractivity contribution in [2.45, 2.75) is 39.5 Å². The predicted molar refractivity (Wildman–Crippen MR) is 79.0 cm³/mol. The van der Waals surface area contributed by atoms with E-state index in [2.05, 4.69) is 60.7 Å². The summed E-state index contributed by atoms with van der Waals surface area (Å²) in [6.07, 6.45) is 4.08. The third-order valence-corrected chi connectivity index (χ3v) is 4.66. The fourth-order valence-electron chi connectivity index (χ4n) is 2.85. The fraction of sp³-hybridized carbons (Fsp3) is 0.533. The molecule has 1 aromatic rings. The molecule has 1 unspecified atom stereocenters. The highest BCUT2D eigenvalue weighted by Gasteiger charge is 2.38.